The predicted molar refractivity (Wildman–Crippen MR) is 68.4 cm³/mol. The van der Waals surface area contributed by atoms with E-state index in [-0.39, 0.29) is 12.1 Å². The molecule has 0 aromatic heterocycles. The van der Waals surface area contributed by atoms with Crippen molar-refractivity contribution in [3.05, 3.63) is 29.8 Å². The molecule has 1 aliphatic heterocycles. The molecule has 20 heavy (non-hydrogen) atoms. The average molecular weight is 276 g/mol. The van der Waals surface area contributed by atoms with E-state index in [2.05, 4.69) is 5.32 Å². The number of hydrogen-bond acceptors (Lipinski definition) is 4. The quantitative estimate of drug-likeness (QED) is 0.741. The van der Waals surface area contributed by atoms with Crippen molar-refractivity contribution in [1.82, 2.24) is 5.32 Å². The van der Waals surface area contributed by atoms with Crippen molar-refractivity contribution < 1.29 is 24.3 Å². The maximum Gasteiger partial charge on any atom is 0.328 e. The molecule has 1 aromatic rings. The molecule has 1 aliphatic rings. The van der Waals surface area contributed by atoms with Gasteiger partial charge >= 0.3 is 5.97 Å². The van der Waals surface area contributed by atoms with Crippen molar-refractivity contribution >= 4 is 29.3 Å². The number of ketones is 1. The zero-order chi connectivity index (χ0) is 14.9. The molecule has 7 nitrogen and oxygen atoms in total. The van der Waals surface area contributed by atoms with Gasteiger partial charge in [-0.2, -0.15) is 0 Å². The molecular weight excluding hydrogens is 264 g/mol. The number of carboxylic acid groups (broad SMARTS) is 1. The van der Waals surface area contributed by atoms with Crippen LogP contribution in [0.3, 0.4) is 0 Å². The van der Waals surface area contributed by atoms with E-state index in [0.717, 1.165) is 4.90 Å². The van der Waals surface area contributed by atoms with Crippen LogP contribution in [0.2, 0.25) is 0 Å². The van der Waals surface area contributed by atoms with Gasteiger partial charge in [-0.25, -0.2) is 4.79 Å². The van der Waals surface area contributed by atoms with Crippen molar-refractivity contribution in [3.63, 3.8) is 0 Å². The predicted octanol–water partition coefficient (Wildman–Crippen LogP) is -0.195. The summed E-state index contributed by atoms with van der Waals surface area (Å²) in [6.07, 6.45) is 0. The Labute approximate surface area is 114 Å². The number of nitrogens with zero attached hydrogens (tertiary/aromatic N) is 1. The van der Waals surface area contributed by atoms with Gasteiger partial charge in [0.2, 0.25) is 5.91 Å². The molecular formula is C13H12N2O5. The van der Waals surface area contributed by atoms with Crippen LogP contribution in [0.15, 0.2) is 24.3 Å². The number of nitrogens with one attached hydrogen (secondary N) is 1. The van der Waals surface area contributed by atoms with Crippen LogP contribution in [0.1, 0.15) is 17.3 Å². The number of carboxylic acids is 1. The molecule has 2 amide bonds. The minimum Gasteiger partial charge on any atom is -0.480 e. The number of benzene rings is 1. The fraction of sp³-hybridized carbons (Fsp3) is 0.231. The Morgan fingerprint density at radius 1 is 1.30 bits per heavy atom. The SMILES string of the molecule is CC(=O)NC(CN1C(=O)C(=O)c2ccccc21)C(=O)O. The maximum atomic E-state index is 11.9. The van der Waals surface area contributed by atoms with E-state index in [1.165, 1.54) is 13.0 Å². The average Bonchev–Trinajstić information content (AvgIpc) is 2.63. The third kappa shape index (κ3) is 2.37. The first-order chi connectivity index (χ1) is 9.41. The lowest BCUT2D eigenvalue weighted by atomic mass is 10.1. The van der Waals surface area contributed by atoms with Gasteiger partial charge < -0.3 is 15.3 Å². The number of fused-ring (bicyclic) bond motifs is 1. The number of anilines is 1. The van der Waals surface area contributed by atoms with E-state index < -0.39 is 29.6 Å². The minimum atomic E-state index is -1.27. The summed E-state index contributed by atoms with van der Waals surface area (Å²) in [5.41, 5.74) is 0.601. The first-order valence-corrected chi connectivity index (χ1v) is 5.87. The van der Waals surface area contributed by atoms with Gasteiger partial charge in [-0.3, -0.25) is 14.4 Å². The molecule has 2 N–H and O–H groups in total. The normalized spacial score (nSPS) is 14.9. The van der Waals surface area contributed by atoms with Crippen LogP contribution in [0.4, 0.5) is 5.69 Å². The van der Waals surface area contributed by atoms with Crippen LogP contribution in [-0.4, -0.2) is 41.3 Å². The van der Waals surface area contributed by atoms with Crippen LogP contribution in [0.5, 0.6) is 0 Å². The van der Waals surface area contributed by atoms with Gasteiger partial charge in [-0.15, -0.1) is 0 Å². The summed E-state index contributed by atoms with van der Waals surface area (Å²) < 4.78 is 0. The first kappa shape index (κ1) is 13.7. The summed E-state index contributed by atoms with van der Waals surface area (Å²) in [5.74, 6) is -3.26. The Kier molecular flexibility index (Phi) is 3.51. The van der Waals surface area contributed by atoms with Gasteiger partial charge in [0.25, 0.3) is 11.7 Å². The Bertz CT molecular complexity index is 611. The van der Waals surface area contributed by atoms with Crippen LogP contribution in [0.25, 0.3) is 0 Å². The van der Waals surface area contributed by atoms with Crippen LogP contribution in [0, 0.1) is 0 Å². The molecule has 1 unspecified atom stereocenters. The van der Waals surface area contributed by atoms with E-state index in [9.17, 15) is 19.2 Å². The topological polar surface area (TPSA) is 104 Å². The third-order valence-corrected chi connectivity index (χ3v) is 2.92. The molecule has 1 atom stereocenters. The molecule has 0 radical (unpaired) electrons. The summed E-state index contributed by atoms with van der Waals surface area (Å²) in [7, 11) is 0. The summed E-state index contributed by atoms with van der Waals surface area (Å²) in [6, 6.07) is 5.06. The van der Waals surface area contributed by atoms with Gasteiger partial charge in [-0.1, -0.05) is 12.1 Å². The molecule has 104 valence electrons. The Hall–Kier alpha value is -2.70. The maximum absolute atomic E-state index is 11.9. The van der Waals surface area contributed by atoms with E-state index >= 15 is 0 Å². The Balaban J connectivity index is 2.29. The number of rotatable bonds is 4. The van der Waals surface area contributed by atoms with Crippen LogP contribution < -0.4 is 10.2 Å². The van der Waals surface area contributed by atoms with Gasteiger partial charge in [-0.05, 0) is 12.1 Å². The zero-order valence-electron chi connectivity index (χ0n) is 10.6. The summed E-state index contributed by atoms with van der Waals surface area (Å²) in [4.78, 5) is 46.8. The molecule has 1 heterocycles. The lowest BCUT2D eigenvalue weighted by Crippen LogP contribution is -2.49. The molecule has 0 aliphatic carbocycles. The first-order valence-electron chi connectivity index (χ1n) is 5.87. The minimum absolute atomic E-state index is 0.240. The van der Waals surface area contributed by atoms with Gasteiger partial charge in [0.05, 0.1) is 17.8 Å². The monoisotopic (exact) mass is 276 g/mol. The molecule has 0 spiro atoms. The third-order valence-electron chi connectivity index (χ3n) is 2.92. The molecule has 0 bridgehead atoms. The second-order valence-electron chi connectivity index (χ2n) is 4.35. The lowest BCUT2D eigenvalue weighted by Gasteiger charge is -2.21. The van der Waals surface area contributed by atoms with Gasteiger partial charge in [0.15, 0.2) is 0 Å². The van der Waals surface area contributed by atoms with Crippen LogP contribution >= 0.6 is 0 Å². The van der Waals surface area contributed by atoms with Crippen LogP contribution in [-0.2, 0) is 14.4 Å². The number of carbonyl (C=O) groups is 4. The highest BCUT2D eigenvalue weighted by Crippen LogP contribution is 2.28. The highest BCUT2D eigenvalue weighted by molar-refractivity contribution is 6.52. The van der Waals surface area contributed by atoms with E-state index in [1.807, 2.05) is 0 Å². The van der Waals surface area contributed by atoms with E-state index in [0.29, 0.717) is 5.69 Å². The standard InChI is InChI=1S/C13H12N2O5/c1-7(16)14-9(13(19)20)6-15-10-5-3-2-4-8(10)11(17)12(15)18/h2-5,9H,6H2,1H3,(H,14,16)(H,19,20). The highest BCUT2D eigenvalue weighted by atomic mass is 16.4. The van der Waals surface area contributed by atoms with Gasteiger partial charge in [0.1, 0.15) is 6.04 Å². The number of Topliss-reactive ketones (excluding diaryl/α,β-unsaturated/α-hetero) is 1. The Morgan fingerprint density at radius 3 is 2.55 bits per heavy atom. The summed E-state index contributed by atoms with van der Waals surface area (Å²) >= 11 is 0. The molecule has 0 saturated heterocycles. The number of para-hydroxylation sites is 1. The molecule has 0 fully saturated rings. The number of amides is 2. The zero-order valence-corrected chi connectivity index (χ0v) is 10.6. The van der Waals surface area contributed by atoms with Crippen molar-refractivity contribution in [3.8, 4) is 0 Å². The van der Waals surface area contributed by atoms with E-state index in [4.69, 9.17) is 5.11 Å². The van der Waals surface area contributed by atoms with Crippen molar-refractivity contribution in [2.24, 2.45) is 0 Å². The molecule has 7 heteroatoms. The molecule has 2 rings (SSSR count). The van der Waals surface area contributed by atoms with Crippen molar-refractivity contribution in [1.29, 1.82) is 0 Å². The second-order valence-corrected chi connectivity index (χ2v) is 4.35. The van der Waals surface area contributed by atoms with E-state index in [1.54, 1.807) is 18.2 Å². The fourth-order valence-electron chi connectivity index (χ4n) is 2.04. The molecule has 1 aromatic carbocycles. The fourth-order valence-corrected chi connectivity index (χ4v) is 2.04. The largest absolute Gasteiger partial charge is 0.480 e. The number of hydrogen-bond donors (Lipinski definition) is 2. The number of carbonyl (C=O) groups excluding carboxylic acids is 3. The van der Waals surface area contributed by atoms with Crippen molar-refractivity contribution in [2.45, 2.75) is 13.0 Å². The Morgan fingerprint density at radius 2 is 1.95 bits per heavy atom. The number of aliphatic carboxylic acids is 1. The molecule has 0 saturated carbocycles. The van der Waals surface area contributed by atoms with Crippen molar-refractivity contribution in [2.75, 3.05) is 11.4 Å². The second kappa shape index (κ2) is 5.12. The highest BCUT2D eigenvalue weighted by Gasteiger charge is 2.37. The summed E-state index contributed by atoms with van der Waals surface area (Å²) in [6.45, 7) is 0.886. The lowest BCUT2D eigenvalue weighted by molar-refractivity contribution is -0.141. The van der Waals surface area contributed by atoms with Gasteiger partial charge in [0, 0.05) is 6.92 Å². The summed E-state index contributed by atoms with van der Waals surface area (Å²) in [5, 5.41) is 11.3. The smallest absolute Gasteiger partial charge is 0.328 e.